The molecule has 22 heavy (non-hydrogen) atoms. The monoisotopic (exact) mass is 348 g/mol. The fourth-order valence-electron chi connectivity index (χ4n) is 2.03. The van der Waals surface area contributed by atoms with E-state index in [0.29, 0.717) is 5.92 Å². The Hall–Kier alpha value is -0.960. The van der Waals surface area contributed by atoms with Crippen molar-refractivity contribution in [2.45, 2.75) is 55.9 Å². The summed E-state index contributed by atoms with van der Waals surface area (Å²) in [4.78, 5) is -0.0907. The van der Waals surface area contributed by atoms with Crippen molar-refractivity contribution in [1.29, 1.82) is 0 Å². The molecule has 1 atom stereocenters. The van der Waals surface area contributed by atoms with Crippen LogP contribution in [0.15, 0.2) is 34.1 Å². The maximum absolute atomic E-state index is 12.2. The van der Waals surface area contributed by atoms with Gasteiger partial charge >= 0.3 is 0 Å². The van der Waals surface area contributed by atoms with Crippen molar-refractivity contribution < 1.29 is 16.8 Å². The first-order chi connectivity index (χ1) is 10.0. The van der Waals surface area contributed by atoms with Crippen molar-refractivity contribution in [3.63, 3.8) is 0 Å². The first kappa shape index (κ1) is 19.1. The lowest BCUT2D eigenvalue weighted by atomic mass is 10.0. The SMILES string of the molecule is CC(C)CCC[C@H](C)NS(=O)(=O)c1ccc(S(N)(=O)=O)cc1. The molecule has 6 nitrogen and oxygen atoms in total. The van der Waals surface area contributed by atoms with Gasteiger partial charge in [0.1, 0.15) is 0 Å². The molecule has 0 aliphatic heterocycles. The third-order valence-electron chi connectivity index (χ3n) is 3.24. The zero-order valence-corrected chi connectivity index (χ0v) is 14.7. The Labute approximate surface area is 133 Å². The minimum Gasteiger partial charge on any atom is -0.225 e. The predicted molar refractivity (Wildman–Crippen MR) is 86.3 cm³/mol. The molecule has 1 rings (SSSR count). The normalized spacial score (nSPS) is 14.2. The van der Waals surface area contributed by atoms with Crippen LogP contribution in [-0.4, -0.2) is 22.9 Å². The Balaban J connectivity index is 2.74. The minimum absolute atomic E-state index is 0.0237. The Morgan fingerprint density at radius 3 is 1.91 bits per heavy atom. The molecule has 0 fully saturated rings. The first-order valence-corrected chi connectivity index (χ1v) is 10.2. The van der Waals surface area contributed by atoms with Gasteiger partial charge < -0.3 is 0 Å². The Morgan fingerprint density at radius 2 is 1.45 bits per heavy atom. The van der Waals surface area contributed by atoms with E-state index < -0.39 is 20.0 Å². The van der Waals surface area contributed by atoms with E-state index in [1.165, 1.54) is 24.3 Å². The molecule has 0 spiro atoms. The average molecular weight is 348 g/mol. The Morgan fingerprint density at radius 1 is 0.955 bits per heavy atom. The molecule has 126 valence electrons. The molecule has 0 heterocycles. The van der Waals surface area contributed by atoms with E-state index >= 15 is 0 Å². The van der Waals surface area contributed by atoms with E-state index in [-0.39, 0.29) is 15.8 Å². The van der Waals surface area contributed by atoms with Gasteiger partial charge in [-0.15, -0.1) is 0 Å². The van der Waals surface area contributed by atoms with Crippen molar-refractivity contribution in [2.75, 3.05) is 0 Å². The Bertz CT molecular complexity index is 680. The lowest BCUT2D eigenvalue weighted by Crippen LogP contribution is -2.32. The maximum atomic E-state index is 12.2. The lowest BCUT2D eigenvalue weighted by Gasteiger charge is -2.15. The van der Waals surface area contributed by atoms with Crippen LogP contribution < -0.4 is 9.86 Å². The molecule has 0 aliphatic rings. The molecule has 0 saturated heterocycles. The van der Waals surface area contributed by atoms with Gasteiger partial charge in [-0.3, -0.25) is 0 Å². The largest absolute Gasteiger partial charge is 0.240 e. The highest BCUT2D eigenvalue weighted by molar-refractivity contribution is 7.89. The number of hydrogen-bond acceptors (Lipinski definition) is 4. The quantitative estimate of drug-likeness (QED) is 0.747. The third kappa shape index (κ3) is 6.04. The molecule has 3 N–H and O–H groups in total. The summed E-state index contributed by atoms with van der Waals surface area (Å²) >= 11 is 0. The summed E-state index contributed by atoms with van der Waals surface area (Å²) < 4.78 is 49.3. The highest BCUT2D eigenvalue weighted by Gasteiger charge is 2.18. The Kier molecular flexibility index (Phi) is 6.54. The first-order valence-electron chi connectivity index (χ1n) is 7.17. The summed E-state index contributed by atoms with van der Waals surface area (Å²) in [7, 11) is -7.48. The molecule has 8 heteroatoms. The summed E-state index contributed by atoms with van der Waals surface area (Å²) in [5, 5.41) is 4.98. The van der Waals surface area contributed by atoms with Crippen LogP contribution in [0.4, 0.5) is 0 Å². The molecule has 0 aromatic heterocycles. The van der Waals surface area contributed by atoms with E-state index in [0.717, 1.165) is 19.3 Å². The molecule has 0 saturated carbocycles. The highest BCUT2D eigenvalue weighted by Crippen LogP contribution is 2.15. The van der Waals surface area contributed by atoms with Gasteiger partial charge in [-0.05, 0) is 43.5 Å². The van der Waals surface area contributed by atoms with E-state index in [2.05, 4.69) is 18.6 Å². The van der Waals surface area contributed by atoms with Gasteiger partial charge in [0.25, 0.3) is 0 Å². The van der Waals surface area contributed by atoms with Crippen LogP contribution in [-0.2, 0) is 20.0 Å². The number of nitrogens with two attached hydrogens (primary N) is 1. The second-order valence-corrected chi connectivity index (χ2v) is 9.14. The summed E-state index contributed by atoms with van der Waals surface area (Å²) in [6, 6.07) is 4.67. The van der Waals surface area contributed by atoms with Crippen LogP contribution in [0, 0.1) is 5.92 Å². The number of hydrogen-bond donors (Lipinski definition) is 2. The van der Waals surface area contributed by atoms with Gasteiger partial charge in [0.05, 0.1) is 9.79 Å². The van der Waals surface area contributed by atoms with Crippen LogP contribution in [0.25, 0.3) is 0 Å². The second-order valence-electron chi connectivity index (χ2n) is 5.86. The van der Waals surface area contributed by atoms with Crippen molar-refractivity contribution in [2.24, 2.45) is 11.1 Å². The number of primary sulfonamides is 1. The van der Waals surface area contributed by atoms with E-state index in [4.69, 9.17) is 5.14 Å². The van der Waals surface area contributed by atoms with Crippen molar-refractivity contribution in [3.05, 3.63) is 24.3 Å². The zero-order chi connectivity index (χ0) is 17.0. The number of rotatable bonds is 8. The van der Waals surface area contributed by atoms with E-state index in [1.54, 1.807) is 0 Å². The smallest absolute Gasteiger partial charge is 0.225 e. The topological polar surface area (TPSA) is 106 Å². The standard InChI is InChI=1S/C14H24N2O4S2/c1-11(2)5-4-6-12(3)16-22(19,20)14-9-7-13(8-10-14)21(15,17)18/h7-12,16H,4-6H2,1-3H3,(H2,15,17,18)/t12-/m0/s1. The van der Waals surface area contributed by atoms with Gasteiger partial charge in [0, 0.05) is 6.04 Å². The maximum Gasteiger partial charge on any atom is 0.240 e. The molecule has 1 aromatic carbocycles. The van der Waals surface area contributed by atoms with Crippen LogP contribution in [0.1, 0.15) is 40.0 Å². The van der Waals surface area contributed by atoms with Crippen molar-refractivity contribution in [3.8, 4) is 0 Å². The van der Waals surface area contributed by atoms with Gasteiger partial charge in [0.2, 0.25) is 20.0 Å². The van der Waals surface area contributed by atoms with Gasteiger partial charge in [-0.1, -0.05) is 26.7 Å². The van der Waals surface area contributed by atoms with Gasteiger partial charge in [-0.25, -0.2) is 26.7 Å². The summed E-state index contributed by atoms with van der Waals surface area (Å²) in [5.41, 5.74) is 0. The minimum atomic E-state index is -3.82. The fraction of sp³-hybridized carbons (Fsp3) is 0.571. The average Bonchev–Trinajstić information content (AvgIpc) is 2.36. The summed E-state index contributed by atoms with van der Waals surface area (Å²) in [5.74, 6) is 0.592. The molecular formula is C14H24N2O4S2. The molecule has 0 unspecified atom stereocenters. The van der Waals surface area contributed by atoms with Crippen molar-refractivity contribution in [1.82, 2.24) is 4.72 Å². The zero-order valence-electron chi connectivity index (χ0n) is 13.1. The van der Waals surface area contributed by atoms with Crippen LogP contribution in [0.3, 0.4) is 0 Å². The van der Waals surface area contributed by atoms with Gasteiger partial charge in [0.15, 0.2) is 0 Å². The molecule has 0 amide bonds. The van der Waals surface area contributed by atoms with Crippen molar-refractivity contribution >= 4 is 20.0 Å². The summed E-state index contributed by atoms with van der Waals surface area (Å²) in [6.07, 6.45) is 2.76. The molecule has 0 radical (unpaired) electrons. The highest BCUT2D eigenvalue weighted by atomic mass is 32.2. The van der Waals surface area contributed by atoms with E-state index in [9.17, 15) is 16.8 Å². The molecule has 0 bridgehead atoms. The van der Waals surface area contributed by atoms with Crippen LogP contribution >= 0.6 is 0 Å². The lowest BCUT2D eigenvalue weighted by molar-refractivity contribution is 0.488. The molecular weight excluding hydrogens is 324 g/mol. The van der Waals surface area contributed by atoms with E-state index in [1.807, 2.05) is 6.92 Å². The molecule has 1 aromatic rings. The third-order valence-corrected chi connectivity index (χ3v) is 5.77. The van der Waals surface area contributed by atoms with Crippen LogP contribution in [0.5, 0.6) is 0 Å². The number of benzene rings is 1. The predicted octanol–water partition coefficient (Wildman–Crippen LogP) is 1.83. The number of sulfonamides is 2. The molecule has 0 aliphatic carbocycles. The summed E-state index contributed by atoms with van der Waals surface area (Å²) in [6.45, 7) is 6.07. The number of nitrogens with one attached hydrogen (secondary N) is 1. The van der Waals surface area contributed by atoms with Crippen LogP contribution in [0.2, 0.25) is 0 Å². The fourth-order valence-corrected chi connectivity index (χ4v) is 3.83. The van der Waals surface area contributed by atoms with Gasteiger partial charge in [-0.2, -0.15) is 0 Å². The second kappa shape index (κ2) is 7.54.